The number of anilines is 1. The maximum absolute atomic E-state index is 12.6. The number of amides is 2. The summed E-state index contributed by atoms with van der Waals surface area (Å²) in [5, 5.41) is 7.44. The maximum Gasteiger partial charge on any atom is 0.263 e. The number of nitrogens with one attached hydrogen (secondary N) is 1. The molecule has 3 aliphatic rings. The Morgan fingerprint density at radius 3 is 2.59 bits per heavy atom. The van der Waals surface area contributed by atoms with Gasteiger partial charge in [-0.2, -0.15) is 14.8 Å². The van der Waals surface area contributed by atoms with Crippen LogP contribution in [-0.4, -0.2) is 46.5 Å². The molecule has 2 aliphatic carbocycles. The molecule has 2 saturated carbocycles. The molecule has 1 unspecified atom stereocenters. The van der Waals surface area contributed by atoms with Crippen LogP contribution in [0.1, 0.15) is 50.6 Å². The summed E-state index contributed by atoms with van der Waals surface area (Å²) in [5.41, 5.74) is 1.73. The van der Waals surface area contributed by atoms with E-state index in [9.17, 15) is 9.59 Å². The summed E-state index contributed by atoms with van der Waals surface area (Å²) in [4.78, 5) is 33.8. The minimum absolute atomic E-state index is 0.167. The van der Waals surface area contributed by atoms with Crippen LogP contribution in [0.25, 0.3) is 0 Å². The molecule has 1 aliphatic heterocycles. The average Bonchev–Trinajstić information content (AvgIpc) is 3.37. The highest BCUT2D eigenvalue weighted by Gasteiger charge is 2.34. The van der Waals surface area contributed by atoms with E-state index in [2.05, 4.69) is 20.4 Å². The third-order valence-electron chi connectivity index (χ3n) is 5.77. The Bertz CT molecular complexity index is 1100. The Kier molecular flexibility index (Phi) is 5.46. The van der Waals surface area contributed by atoms with Crippen LogP contribution in [0.5, 0.6) is 11.5 Å². The molecule has 1 N–H and O–H groups in total. The summed E-state index contributed by atoms with van der Waals surface area (Å²) in [6, 6.07) is 8.93. The molecule has 32 heavy (non-hydrogen) atoms. The zero-order chi connectivity index (χ0) is 22.1. The Balaban J connectivity index is 1.30. The molecular weight excluding hydrogens is 410 g/mol. The van der Waals surface area contributed by atoms with Crippen LogP contribution in [0.15, 0.2) is 40.3 Å². The molecule has 2 amide bonds. The number of aliphatic imine (C=N–C) groups is 2. The predicted molar refractivity (Wildman–Crippen MR) is 119 cm³/mol. The third kappa shape index (κ3) is 4.28. The number of fused-ring (bicyclic) bond motifs is 1. The van der Waals surface area contributed by atoms with E-state index in [1.807, 2.05) is 13.0 Å². The molecule has 2 fully saturated rings. The van der Waals surface area contributed by atoms with E-state index in [0.717, 1.165) is 49.3 Å². The molecule has 0 spiro atoms. The van der Waals surface area contributed by atoms with Crippen LogP contribution in [0, 0.1) is 5.92 Å². The molecule has 1 aromatic heterocycles. The fourth-order valence-corrected chi connectivity index (χ4v) is 4.00. The molecule has 9 heteroatoms. The number of hydrogen-bond donors (Lipinski definition) is 1. The number of nitrogens with zero attached hydrogens (tertiary/aromatic N) is 4. The first kappa shape index (κ1) is 20.4. The lowest BCUT2D eigenvalue weighted by molar-refractivity contribution is -0.120. The highest BCUT2D eigenvalue weighted by atomic mass is 16.5. The van der Waals surface area contributed by atoms with Crippen molar-refractivity contribution in [1.82, 2.24) is 9.78 Å². The first-order chi connectivity index (χ1) is 15.6. The van der Waals surface area contributed by atoms with Gasteiger partial charge >= 0.3 is 0 Å². The number of aromatic nitrogens is 2. The minimum atomic E-state index is -0.337. The van der Waals surface area contributed by atoms with Crippen molar-refractivity contribution in [3.63, 3.8) is 0 Å². The summed E-state index contributed by atoms with van der Waals surface area (Å²) in [6.45, 7) is 2.34. The Morgan fingerprint density at radius 1 is 1.12 bits per heavy atom. The van der Waals surface area contributed by atoms with Crippen molar-refractivity contribution in [2.24, 2.45) is 15.9 Å². The molecule has 9 nitrogen and oxygen atoms in total. The number of ether oxygens (including phenoxy) is 2. The fourth-order valence-electron chi connectivity index (χ4n) is 4.00. The van der Waals surface area contributed by atoms with Crippen molar-refractivity contribution in [2.45, 2.75) is 44.9 Å². The van der Waals surface area contributed by atoms with Gasteiger partial charge in [-0.15, -0.1) is 0 Å². The molecule has 166 valence electrons. The van der Waals surface area contributed by atoms with Crippen molar-refractivity contribution < 1.29 is 19.1 Å². The summed E-state index contributed by atoms with van der Waals surface area (Å²) in [5.74, 6) is 1.64. The molecule has 1 aromatic carbocycles. The van der Waals surface area contributed by atoms with Crippen LogP contribution >= 0.6 is 0 Å². The first-order valence-corrected chi connectivity index (χ1v) is 11.1. The van der Waals surface area contributed by atoms with Gasteiger partial charge < -0.3 is 14.8 Å². The van der Waals surface area contributed by atoms with Crippen molar-refractivity contribution in [3.8, 4) is 11.5 Å². The first-order valence-electron chi connectivity index (χ1n) is 11.1. The molecule has 1 atom stereocenters. The van der Waals surface area contributed by atoms with E-state index in [4.69, 9.17) is 9.47 Å². The normalized spacial score (nSPS) is 19.8. The van der Waals surface area contributed by atoms with Crippen LogP contribution in [0.4, 0.5) is 5.82 Å². The summed E-state index contributed by atoms with van der Waals surface area (Å²) in [6.07, 6.45) is 4.66. The van der Waals surface area contributed by atoms with Crippen molar-refractivity contribution in [1.29, 1.82) is 0 Å². The fraction of sp³-hybridized carbons (Fsp3) is 0.435. The molecule has 5 rings (SSSR count). The van der Waals surface area contributed by atoms with Gasteiger partial charge in [-0.25, -0.2) is 4.99 Å². The number of carbonyl (C=O) groups is 2. The quantitative estimate of drug-likeness (QED) is 0.719. The molecule has 0 saturated heterocycles. The zero-order valence-corrected chi connectivity index (χ0v) is 17.9. The maximum atomic E-state index is 12.6. The second-order valence-electron chi connectivity index (χ2n) is 8.18. The molecule has 2 heterocycles. The van der Waals surface area contributed by atoms with Gasteiger partial charge in [0, 0.05) is 17.7 Å². The number of rotatable bonds is 7. The lowest BCUT2D eigenvalue weighted by atomic mass is 10.1. The van der Waals surface area contributed by atoms with E-state index in [1.54, 1.807) is 24.3 Å². The number of benzene rings is 1. The topological polar surface area (TPSA) is 107 Å². The standard InChI is InChI=1S/C23H25N5O4/c1-2-31-15-8-10-16(11-9-15)32-13-21(29)25-20-12-19(14-6-7-14)27-28(20)23-24-18-5-3-4-17(18)22(30)26-23/h8-12,14,17H,2-7,13H2,1H3,(H,25,29). The molecule has 0 radical (unpaired) electrons. The van der Waals surface area contributed by atoms with Crippen molar-refractivity contribution >= 4 is 29.3 Å². The number of hydrogen-bond acceptors (Lipinski definition) is 6. The second kappa shape index (κ2) is 8.57. The van der Waals surface area contributed by atoms with Gasteiger partial charge in [0.25, 0.3) is 17.8 Å². The van der Waals surface area contributed by atoms with Crippen molar-refractivity contribution in [3.05, 3.63) is 36.0 Å². The van der Waals surface area contributed by atoms with Gasteiger partial charge in [0.2, 0.25) is 0 Å². The summed E-state index contributed by atoms with van der Waals surface area (Å²) < 4.78 is 12.5. The molecule has 0 bridgehead atoms. The van der Waals surface area contributed by atoms with Gasteiger partial charge in [-0.1, -0.05) is 0 Å². The summed E-state index contributed by atoms with van der Waals surface area (Å²) >= 11 is 0. The van der Waals surface area contributed by atoms with E-state index >= 15 is 0 Å². The average molecular weight is 435 g/mol. The van der Waals surface area contributed by atoms with E-state index in [-0.39, 0.29) is 30.3 Å². The van der Waals surface area contributed by atoms with Gasteiger partial charge in [-0.3, -0.25) is 9.59 Å². The Morgan fingerprint density at radius 2 is 1.88 bits per heavy atom. The zero-order valence-electron chi connectivity index (χ0n) is 17.9. The van der Waals surface area contributed by atoms with Crippen molar-refractivity contribution in [2.75, 3.05) is 18.5 Å². The Hall–Kier alpha value is -3.49. The number of carbonyl (C=O) groups excluding carboxylic acids is 2. The van der Waals surface area contributed by atoms with Crippen LogP contribution < -0.4 is 14.8 Å². The third-order valence-corrected chi connectivity index (χ3v) is 5.77. The van der Waals surface area contributed by atoms with Gasteiger partial charge in [0.05, 0.1) is 18.2 Å². The lowest BCUT2D eigenvalue weighted by Crippen LogP contribution is -2.29. The highest BCUT2D eigenvalue weighted by molar-refractivity contribution is 6.17. The van der Waals surface area contributed by atoms with E-state index in [1.165, 1.54) is 4.68 Å². The van der Waals surface area contributed by atoms with Crippen LogP contribution in [0.2, 0.25) is 0 Å². The van der Waals surface area contributed by atoms with Gasteiger partial charge in [0.1, 0.15) is 17.3 Å². The van der Waals surface area contributed by atoms with E-state index < -0.39 is 0 Å². The highest BCUT2D eigenvalue weighted by Crippen LogP contribution is 2.40. The van der Waals surface area contributed by atoms with Crippen LogP contribution in [-0.2, 0) is 9.59 Å². The SMILES string of the molecule is CCOc1ccc(OCC(=O)Nc2cc(C3CC3)nn2C2=NC(=O)C3CCCC3=N2)cc1. The lowest BCUT2D eigenvalue weighted by Gasteiger charge is -2.15. The van der Waals surface area contributed by atoms with E-state index in [0.29, 0.717) is 24.1 Å². The Labute approximate surface area is 185 Å². The molecular formula is C23H25N5O4. The van der Waals surface area contributed by atoms with Gasteiger partial charge in [-0.05, 0) is 63.3 Å². The largest absolute Gasteiger partial charge is 0.494 e. The summed E-state index contributed by atoms with van der Waals surface area (Å²) in [7, 11) is 0. The second-order valence-corrected chi connectivity index (χ2v) is 8.18. The van der Waals surface area contributed by atoms with Crippen LogP contribution in [0.3, 0.4) is 0 Å². The minimum Gasteiger partial charge on any atom is -0.494 e. The van der Waals surface area contributed by atoms with Gasteiger partial charge in [0.15, 0.2) is 6.61 Å². The predicted octanol–water partition coefficient (Wildman–Crippen LogP) is 3.16. The molecule has 2 aromatic rings. The monoisotopic (exact) mass is 435 g/mol. The smallest absolute Gasteiger partial charge is 0.263 e.